The molecule has 4 nitrogen and oxygen atoms in total. The fraction of sp³-hybridized carbons (Fsp3) is 0.562. The van der Waals surface area contributed by atoms with E-state index >= 15 is 0 Å². The molecular formula is C16H23F2NO3S. The lowest BCUT2D eigenvalue weighted by Crippen LogP contribution is -2.40. The summed E-state index contributed by atoms with van der Waals surface area (Å²) in [6, 6.07) is 2.32. The zero-order chi connectivity index (χ0) is 17.8. The molecule has 0 bridgehead atoms. The van der Waals surface area contributed by atoms with Crippen molar-refractivity contribution in [2.75, 3.05) is 18.8 Å². The van der Waals surface area contributed by atoms with Crippen molar-refractivity contribution in [1.82, 2.24) is 4.90 Å². The van der Waals surface area contributed by atoms with Crippen molar-refractivity contribution in [3.8, 4) is 0 Å². The molecule has 130 valence electrons. The largest absolute Gasteiger partial charge is 0.341 e. The molecule has 0 N–H and O–H groups in total. The smallest absolute Gasteiger partial charge is 0.238 e. The maximum absolute atomic E-state index is 13.2. The van der Waals surface area contributed by atoms with Crippen LogP contribution in [0, 0.1) is 23.5 Å². The first-order valence-corrected chi connectivity index (χ1v) is 9.13. The molecule has 1 aromatic carbocycles. The van der Waals surface area contributed by atoms with Crippen molar-refractivity contribution in [2.24, 2.45) is 11.8 Å². The van der Waals surface area contributed by atoms with Crippen molar-refractivity contribution >= 4 is 15.7 Å². The Morgan fingerprint density at radius 2 is 1.57 bits per heavy atom. The molecule has 0 aliphatic rings. The molecule has 0 saturated heterocycles. The fourth-order valence-electron chi connectivity index (χ4n) is 2.17. The number of benzene rings is 1. The average molecular weight is 347 g/mol. The highest BCUT2D eigenvalue weighted by Crippen LogP contribution is 2.16. The SMILES string of the molecule is CC(C)CN(CC(C)C)C(=O)CS(=O)(=O)c1ccc(F)c(F)c1. The number of hydrogen-bond donors (Lipinski definition) is 0. The second-order valence-electron chi connectivity index (χ2n) is 6.42. The number of rotatable bonds is 7. The van der Waals surface area contributed by atoms with Crippen LogP contribution in [0.3, 0.4) is 0 Å². The summed E-state index contributed by atoms with van der Waals surface area (Å²) in [6.45, 7) is 8.64. The van der Waals surface area contributed by atoms with E-state index in [-0.39, 0.29) is 11.8 Å². The molecule has 1 rings (SSSR count). The molecule has 0 fully saturated rings. The highest BCUT2D eigenvalue weighted by Gasteiger charge is 2.25. The number of sulfone groups is 1. The van der Waals surface area contributed by atoms with Crippen molar-refractivity contribution < 1.29 is 22.0 Å². The van der Waals surface area contributed by atoms with E-state index in [9.17, 15) is 22.0 Å². The van der Waals surface area contributed by atoms with E-state index in [0.717, 1.165) is 12.1 Å². The number of halogens is 2. The van der Waals surface area contributed by atoms with E-state index in [4.69, 9.17) is 0 Å². The van der Waals surface area contributed by atoms with Crippen LogP contribution in [0.5, 0.6) is 0 Å². The third kappa shape index (κ3) is 5.89. The Kier molecular flexibility index (Phi) is 6.68. The number of carbonyl (C=O) groups is 1. The second-order valence-corrected chi connectivity index (χ2v) is 8.41. The Labute approximate surface area is 136 Å². The van der Waals surface area contributed by atoms with Gasteiger partial charge in [0.1, 0.15) is 5.75 Å². The van der Waals surface area contributed by atoms with Gasteiger partial charge in [-0.15, -0.1) is 0 Å². The minimum Gasteiger partial charge on any atom is -0.341 e. The molecular weight excluding hydrogens is 324 g/mol. The van der Waals surface area contributed by atoms with E-state index < -0.39 is 38.0 Å². The van der Waals surface area contributed by atoms with Gasteiger partial charge in [-0.05, 0) is 30.0 Å². The second kappa shape index (κ2) is 7.86. The zero-order valence-electron chi connectivity index (χ0n) is 13.8. The Hall–Kier alpha value is -1.50. The van der Waals surface area contributed by atoms with Crippen LogP contribution in [0.2, 0.25) is 0 Å². The van der Waals surface area contributed by atoms with Crippen LogP contribution in [0.15, 0.2) is 23.1 Å². The summed E-state index contributed by atoms with van der Waals surface area (Å²) in [6.07, 6.45) is 0. The summed E-state index contributed by atoms with van der Waals surface area (Å²) in [4.78, 5) is 13.5. The predicted molar refractivity (Wildman–Crippen MR) is 84.7 cm³/mol. The molecule has 0 unspecified atom stereocenters. The highest BCUT2D eigenvalue weighted by molar-refractivity contribution is 7.92. The van der Waals surface area contributed by atoms with Crippen LogP contribution < -0.4 is 0 Å². The summed E-state index contributed by atoms with van der Waals surface area (Å²) in [5.74, 6) is -3.27. The molecule has 0 saturated carbocycles. The lowest BCUT2D eigenvalue weighted by atomic mass is 10.1. The van der Waals surface area contributed by atoms with Gasteiger partial charge >= 0.3 is 0 Å². The standard InChI is InChI=1S/C16H23F2NO3S/c1-11(2)8-19(9-12(3)4)16(20)10-23(21,22)13-5-6-14(17)15(18)7-13/h5-7,11-12H,8-10H2,1-4H3. The first-order valence-electron chi connectivity index (χ1n) is 7.48. The van der Waals surface area contributed by atoms with Gasteiger partial charge in [0.15, 0.2) is 21.5 Å². The number of nitrogens with zero attached hydrogens (tertiary/aromatic N) is 1. The van der Waals surface area contributed by atoms with Gasteiger partial charge in [-0.3, -0.25) is 4.79 Å². The van der Waals surface area contributed by atoms with Gasteiger partial charge in [0, 0.05) is 13.1 Å². The molecule has 0 aliphatic carbocycles. The van der Waals surface area contributed by atoms with E-state index in [1.807, 2.05) is 27.7 Å². The molecule has 23 heavy (non-hydrogen) atoms. The molecule has 0 heterocycles. The number of carbonyl (C=O) groups excluding carboxylic acids is 1. The molecule has 1 aromatic rings. The van der Waals surface area contributed by atoms with Crippen molar-refractivity contribution in [3.63, 3.8) is 0 Å². The van der Waals surface area contributed by atoms with Crippen LogP contribution in [0.4, 0.5) is 8.78 Å². The molecule has 0 radical (unpaired) electrons. The Morgan fingerprint density at radius 1 is 1.04 bits per heavy atom. The number of amides is 1. The third-order valence-electron chi connectivity index (χ3n) is 3.09. The quantitative estimate of drug-likeness (QED) is 0.713. The van der Waals surface area contributed by atoms with Crippen LogP contribution >= 0.6 is 0 Å². The lowest BCUT2D eigenvalue weighted by molar-refractivity contribution is -0.129. The Bertz CT molecular complexity index is 647. The minimum atomic E-state index is -4.01. The summed E-state index contributed by atoms with van der Waals surface area (Å²) >= 11 is 0. The lowest BCUT2D eigenvalue weighted by Gasteiger charge is -2.26. The predicted octanol–water partition coefficient (Wildman–Crippen LogP) is 2.88. The Morgan fingerprint density at radius 3 is 2.00 bits per heavy atom. The van der Waals surface area contributed by atoms with E-state index in [1.165, 1.54) is 4.90 Å². The summed E-state index contributed by atoms with van der Waals surface area (Å²) in [5, 5.41) is 0. The molecule has 1 amide bonds. The van der Waals surface area contributed by atoms with Crippen molar-refractivity contribution in [2.45, 2.75) is 32.6 Å². The average Bonchev–Trinajstić information content (AvgIpc) is 2.39. The van der Waals surface area contributed by atoms with E-state index in [2.05, 4.69) is 0 Å². The van der Waals surface area contributed by atoms with Gasteiger partial charge in [-0.25, -0.2) is 17.2 Å². The Balaban J connectivity index is 2.96. The van der Waals surface area contributed by atoms with Gasteiger partial charge in [-0.1, -0.05) is 27.7 Å². The van der Waals surface area contributed by atoms with Gasteiger partial charge < -0.3 is 4.90 Å². The van der Waals surface area contributed by atoms with Gasteiger partial charge in [0.2, 0.25) is 5.91 Å². The van der Waals surface area contributed by atoms with Gasteiger partial charge in [-0.2, -0.15) is 0 Å². The van der Waals surface area contributed by atoms with Crippen molar-refractivity contribution in [1.29, 1.82) is 0 Å². The monoisotopic (exact) mass is 347 g/mol. The first-order chi connectivity index (χ1) is 10.5. The molecule has 0 aromatic heterocycles. The van der Waals surface area contributed by atoms with Gasteiger partial charge in [0.05, 0.1) is 4.90 Å². The van der Waals surface area contributed by atoms with Crippen LogP contribution in [-0.2, 0) is 14.6 Å². The summed E-state index contributed by atoms with van der Waals surface area (Å²) in [5.41, 5.74) is 0. The third-order valence-corrected chi connectivity index (χ3v) is 4.69. The summed E-state index contributed by atoms with van der Waals surface area (Å²) < 4.78 is 50.6. The van der Waals surface area contributed by atoms with E-state index in [1.54, 1.807) is 0 Å². The first kappa shape index (κ1) is 19.5. The summed E-state index contributed by atoms with van der Waals surface area (Å²) in [7, 11) is -4.01. The minimum absolute atomic E-state index is 0.198. The maximum atomic E-state index is 13.2. The van der Waals surface area contributed by atoms with Crippen molar-refractivity contribution in [3.05, 3.63) is 29.8 Å². The van der Waals surface area contributed by atoms with Gasteiger partial charge in [0.25, 0.3) is 0 Å². The molecule has 7 heteroatoms. The van der Waals surface area contributed by atoms with E-state index in [0.29, 0.717) is 19.2 Å². The van der Waals surface area contributed by atoms with Crippen LogP contribution in [-0.4, -0.2) is 38.1 Å². The topological polar surface area (TPSA) is 54.5 Å². The maximum Gasteiger partial charge on any atom is 0.238 e. The highest BCUT2D eigenvalue weighted by atomic mass is 32.2. The van der Waals surface area contributed by atoms with Crippen LogP contribution in [0.25, 0.3) is 0 Å². The molecule has 0 aliphatic heterocycles. The van der Waals surface area contributed by atoms with Crippen LogP contribution in [0.1, 0.15) is 27.7 Å². The molecule has 0 spiro atoms. The normalized spacial score (nSPS) is 12.0. The fourth-order valence-corrected chi connectivity index (χ4v) is 3.40. The number of hydrogen-bond acceptors (Lipinski definition) is 3. The molecule has 0 atom stereocenters. The zero-order valence-corrected chi connectivity index (χ0v) is 14.7.